The number of ether oxygens (including phenoxy) is 2. The minimum absolute atomic E-state index is 0.0339. The van der Waals surface area contributed by atoms with Crippen LogP contribution >= 0.6 is 23.2 Å². The van der Waals surface area contributed by atoms with Gasteiger partial charge in [0.25, 0.3) is 0 Å². The SMILES string of the molecule is CCOC(=O)c1ncc(C(=O)O)cc1Cl.CCOC(=O)c1ncc(CO)cc1Cl. The predicted molar refractivity (Wildman–Crippen MR) is 103 cm³/mol. The first-order valence-electron chi connectivity index (χ1n) is 8.23. The number of esters is 2. The minimum atomic E-state index is -1.15. The fourth-order valence-electron chi connectivity index (χ4n) is 1.82. The number of carbonyl (C=O) groups is 3. The van der Waals surface area contributed by atoms with Crippen molar-refractivity contribution in [1.29, 1.82) is 0 Å². The Labute approximate surface area is 176 Å². The summed E-state index contributed by atoms with van der Waals surface area (Å²) in [4.78, 5) is 40.4. The van der Waals surface area contributed by atoms with E-state index in [1.807, 2.05) is 0 Å². The molecule has 0 radical (unpaired) electrons. The molecule has 29 heavy (non-hydrogen) atoms. The van der Waals surface area contributed by atoms with Gasteiger partial charge in [-0.15, -0.1) is 0 Å². The molecule has 0 atom stereocenters. The molecule has 2 rings (SSSR count). The Hall–Kier alpha value is -2.75. The van der Waals surface area contributed by atoms with Gasteiger partial charge in [0, 0.05) is 12.4 Å². The number of aliphatic hydroxyl groups is 1. The van der Waals surface area contributed by atoms with Gasteiger partial charge >= 0.3 is 17.9 Å². The smallest absolute Gasteiger partial charge is 0.358 e. The molecule has 0 saturated carbocycles. The molecular weight excluding hydrogens is 427 g/mol. The molecule has 0 bridgehead atoms. The van der Waals surface area contributed by atoms with Gasteiger partial charge in [-0.3, -0.25) is 0 Å². The summed E-state index contributed by atoms with van der Waals surface area (Å²) in [6.45, 7) is 3.68. The summed E-state index contributed by atoms with van der Waals surface area (Å²) >= 11 is 11.4. The zero-order valence-corrected chi connectivity index (χ0v) is 17.0. The maximum Gasteiger partial charge on any atom is 0.358 e. The van der Waals surface area contributed by atoms with Crippen molar-refractivity contribution >= 4 is 41.1 Å². The van der Waals surface area contributed by atoms with Gasteiger partial charge in [-0.25, -0.2) is 24.4 Å². The lowest BCUT2D eigenvalue weighted by atomic mass is 10.2. The number of aromatic carboxylic acids is 1. The van der Waals surface area contributed by atoms with E-state index in [0.717, 1.165) is 12.3 Å². The molecule has 0 fully saturated rings. The van der Waals surface area contributed by atoms with Gasteiger partial charge < -0.3 is 19.7 Å². The topological polar surface area (TPSA) is 136 Å². The van der Waals surface area contributed by atoms with Crippen LogP contribution in [0.1, 0.15) is 50.7 Å². The summed E-state index contributed by atoms with van der Waals surface area (Å²) in [7, 11) is 0. The Morgan fingerprint density at radius 2 is 1.41 bits per heavy atom. The first-order valence-corrected chi connectivity index (χ1v) is 8.99. The summed E-state index contributed by atoms with van der Waals surface area (Å²) < 4.78 is 9.41. The van der Waals surface area contributed by atoms with Crippen LogP contribution in [0.5, 0.6) is 0 Å². The second-order valence-corrected chi connectivity index (χ2v) is 5.95. The normalized spacial score (nSPS) is 9.83. The second kappa shape index (κ2) is 11.9. The highest BCUT2D eigenvalue weighted by Crippen LogP contribution is 2.17. The zero-order chi connectivity index (χ0) is 22.0. The van der Waals surface area contributed by atoms with Crippen molar-refractivity contribution < 1.29 is 34.1 Å². The van der Waals surface area contributed by atoms with Crippen LogP contribution in [-0.4, -0.2) is 51.3 Å². The van der Waals surface area contributed by atoms with Crippen LogP contribution in [0, 0.1) is 0 Å². The largest absolute Gasteiger partial charge is 0.478 e. The molecule has 156 valence electrons. The van der Waals surface area contributed by atoms with E-state index in [1.165, 1.54) is 12.3 Å². The third kappa shape index (κ3) is 7.30. The number of hydrogen-bond donors (Lipinski definition) is 2. The molecule has 2 N–H and O–H groups in total. The Balaban J connectivity index is 0.000000291. The molecule has 2 aromatic heterocycles. The van der Waals surface area contributed by atoms with Crippen molar-refractivity contribution in [2.75, 3.05) is 13.2 Å². The maximum absolute atomic E-state index is 11.2. The Morgan fingerprint density at radius 1 is 0.931 bits per heavy atom. The van der Waals surface area contributed by atoms with Crippen molar-refractivity contribution in [1.82, 2.24) is 9.97 Å². The van der Waals surface area contributed by atoms with Crippen LogP contribution in [0.4, 0.5) is 0 Å². The van der Waals surface area contributed by atoms with Crippen molar-refractivity contribution in [3.05, 3.63) is 57.1 Å². The average Bonchev–Trinajstić information content (AvgIpc) is 2.68. The quantitative estimate of drug-likeness (QED) is 0.643. The highest BCUT2D eigenvalue weighted by molar-refractivity contribution is 6.33. The third-order valence-corrected chi connectivity index (χ3v) is 3.68. The molecule has 0 aliphatic heterocycles. The Bertz CT molecular complexity index is 891. The van der Waals surface area contributed by atoms with Gasteiger partial charge in [-0.2, -0.15) is 0 Å². The molecule has 0 saturated heterocycles. The summed E-state index contributed by atoms with van der Waals surface area (Å²) in [5, 5.41) is 17.6. The fourth-order valence-corrected chi connectivity index (χ4v) is 2.33. The summed E-state index contributed by atoms with van der Waals surface area (Å²) in [5.41, 5.74) is 0.477. The number of carbonyl (C=O) groups excluding carboxylic acids is 2. The van der Waals surface area contributed by atoms with E-state index in [9.17, 15) is 14.4 Å². The number of aliphatic hydroxyl groups excluding tert-OH is 1. The fraction of sp³-hybridized carbons (Fsp3) is 0.278. The lowest BCUT2D eigenvalue weighted by Crippen LogP contribution is -2.09. The summed E-state index contributed by atoms with van der Waals surface area (Å²) in [5.74, 6) is -2.37. The van der Waals surface area contributed by atoms with Crippen molar-refractivity contribution in [3.8, 4) is 0 Å². The van der Waals surface area contributed by atoms with Crippen LogP contribution in [0.25, 0.3) is 0 Å². The van der Waals surface area contributed by atoms with Crippen LogP contribution in [0.15, 0.2) is 24.5 Å². The van der Waals surface area contributed by atoms with E-state index in [-0.39, 0.29) is 46.8 Å². The monoisotopic (exact) mass is 444 g/mol. The highest BCUT2D eigenvalue weighted by Gasteiger charge is 2.15. The van der Waals surface area contributed by atoms with E-state index < -0.39 is 17.9 Å². The number of rotatable bonds is 6. The molecule has 11 heteroatoms. The van der Waals surface area contributed by atoms with Crippen molar-refractivity contribution in [2.45, 2.75) is 20.5 Å². The molecule has 0 spiro atoms. The van der Waals surface area contributed by atoms with Crippen molar-refractivity contribution in [2.24, 2.45) is 0 Å². The number of nitrogens with zero attached hydrogens (tertiary/aromatic N) is 2. The van der Waals surface area contributed by atoms with E-state index in [0.29, 0.717) is 5.56 Å². The highest BCUT2D eigenvalue weighted by atomic mass is 35.5. The molecule has 0 unspecified atom stereocenters. The molecule has 9 nitrogen and oxygen atoms in total. The van der Waals surface area contributed by atoms with Crippen molar-refractivity contribution in [3.63, 3.8) is 0 Å². The maximum atomic E-state index is 11.2. The summed E-state index contributed by atoms with van der Waals surface area (Å²) in [6.07, 6.45) is 2.44. The van der Waals surface area contributed by atoms with E-state index in [4.69, 9.17) is 38.2 Å². The van der Waals surface area contributed by atoms with E-state index >= 15 is 0 Å². The van der Waals surface area contributed by atoms with Crippen LogP contribution in [0.2, 0.25) is 10.0 Å². The van der Waals surface area contributed by atoms with Gasteiger partial charge in [-0.1, -0.05) is 23.2 Å². The number of aromatic nitrogens is 2. The molecule has 0 aromatic carbocycles. The zero-order valence-electron chi connectivity index (χ0n) is 15.5. The molecule has 0 aliphatic carbocycles. The Morgan fingerprint density at radius 3 is 1.79 bits per heavy atom. The number of pyridine rings is 2. The number of halogens is 2. The average molecular weight is 445 g/mol. The Kier molecular flexibility index (Phi) is 10.0. The second-order valence-electron chi connectivity index (χ2n) is 5.13. The van der Waals surface area contributed by atoms with E-state index in [2.05, 4.69) is 14.7 Å². The predicted octanol–water partition coefficient (Wildman–Crippen LogP) is 3.01. The number of hydrogen-bond acceptors (Lipinski definition) is 8. The van der Waals surface area contributed by atoms with Gasteiger partial charge in [-0.05, 0) is 31.5 Å². The lowest BCUT2D eigenvalue weighted by Gasteiger charge is -2.03. The first-order chi connectivity index (χ1) is 13.7. The molecule has 2 heterocycles. The number of carboxylic acid groups (broad SMARTS) is 1. The molecular formula is C18H18Cl2N2O7. The molecule has 2 aromatic rings. The standard InChI is InChI=1S/C9H8ClNO4.C9H10ClNO3/c1-2-15-9(14)7-6(10)3-5(4-11-7)8(12)13;1-2-14-9(13)8-7(10)3-6(5-12)4-11-8/h3-4H,2H2,1H3,(H,12,13);3-4,12H,2,5H2,1H3. The van der Waals surface area contributed by atoms with Crippen LogP contribution < -0.4 is 0 Å². The van der Waals surface area contributed by atoms with Gasteiger partial charge in [0.1, 0.15) is 0 Å². The lowest BCUT2D eigenvalue weighted by molar-refractivity contribution is 0.0510. The van der Waals surface area contributed by atoms with Gasteiger partial charge in [0.15, 0.2) is 11.4 Å². The third-order valence-electron chi connectivity index (χ3n) is 3.11. The van der Waals surface area contributed by atoms with Gasteiger partial charge in [0.2, 0.25) is 0 Å². The summed E-state index contributed by atoms with van der Waals surface area (Å²) in [6, 6.07) is 2.64. The van der Waals surface area contributed by atoms with Crippen LogP contribution in [0.3, 0.4) is 0 Å². The van der Waals surface area contributed by atoms with Gasteiger partial charge in [0.05, 0.1) is 35.4 Å². The first kappa shape index (κ1) is 24.3. The molecule has 0 aliphatic rings. The van der Waals surface area contributed by atoms with Crippen LogP contribution in [-0.2, 0) is 16.1 Å². The van der Waals surface area contributed by atoms with E-state index in [1.54, 1.807) is 13.8 Å². The minimum Gasteiger partial charge on any atom is -0.478 e. The molecule has 0 amide bonds. The number of carboxylic acids is 1.